The molecule has 0 aliphatic carbocycles. The van der Waals surface area contributed by atoms with Crippen molar-refractivity contribution >= 4 is 11.7 Å². The van der Waals surface area contributed by atoms with Crippen LogP contribution in [-0.2, 0) is 10.3 Å². The Morgan fingerprint density at radius 1 is 1.60 bits per heavy atom. The number of amidine groups is 1. The van der Waals surface area contributed by atoms with Crippen LogP contribution >= 0.6 is 0 Å². The second-order valence-corrected chi connectivity index (χ2v) is 4.19. The van der Waals surface area contributed by atoms with Gasteiger partial charge in [0.05, 0.1) is 11.5 Å². The van der Waals surface area contributed by atoms with Gasteiger partial charge in [0, 0.05) is 17.7 Å². The van der Waals surface area contributed by atoms with Crippen molar-refractivity contribution in [3.63, 3.8) is 0 Å². The molecule has 6 nitrogen and oxygen atoms in total. The van der Waals surface area contributed by atoms with Gasteiger partial charge < -0.3 is 10.5 Å². The number of ether oxygens (including phenoxy) is 1. The van der Waals surface area contributed by atoms with Crippen molar-refractivity contribution in [3.05, 3.63) is 39.7 Å². The Kier molecular flexibility index (Phi) is 3.51. The maximum absolute atomic E-state index is 14.0. The number of nitrogens with zero attached hydrogens (tertiary/aromatic N) is 2. The van der Waals surface area contributed by atoms with Gasteiger partial charge in [-0.1, -0.05) is 0 Å². The predicted molar refractivity (Wildman–Crippen MR) is 63.2 cm³/mol. The topological polar surface area (TPSA) is 90.8 Å². The van der Waals surface area contributed by atoms with E-state index in [1.54, 1.807) is 0 Å². The Morgan fingerprint density at radius 3 is 2.90 bits per heavy atom. The summed E-state index contributed by atoms with van der Waals surface area (Å²) < 4.78 is 46.0. The molecule has 0 saturated carbocycles. The normalized spacial score (nSPS) is 25.8. The third kappa shape index (κ3) is 2.15. The monoisotopic (exact) mass is 289 g/mol. The molecule has 0 aromatic heterocycles. The molecule has 108 valence electrons. The number of benzene rings is 1. The molecule has 1 aromatic rings. The van der Waals surface area contributed by atoms with Crippen LogP contribution in [0.25, 0.3) is 0 Å². The molecule has 0 amide bonds. The summed E-state index contributed by atoms with van der Waals surface area (Å²) in [5.41, 5.74) is 1.81. The van der Waals surface area contributed by atoms with Crippen LogP contribution in [0.5, 0.6) is 0 Å². The van der Waals surface area contributed by atoms with E-state index in [2.05, 4.69) is 4.99 Å². The molecular weight excluding hydrogens is 279 g/mol. The summed E-state index contributed by atoms with van der Waals surface area (Å²) in [6, 6.07) is 1.88. The second-order valence-electron chi connectivity index (χ2n) is 4.19. The standard InChI is InChI=1S/C11H10F3N3O3/c12-5-11(9(14)4-16-10(15)20-11)7-3-6(17(18)19)1-2-8(7)13/h1-3,9H,4-5H2,(H2,15,16)/t9-,11+/m0/s1. The number of nitro groups is 1. The van der Waals surface area contributed by atoms with E-state index in [9.17, 15) is 23.3 Å². The van der Waals surface area contributed by atoms with E-state index in [0.717, 1.165) is 18.2 Å². The van der Waals surface area contributed by atoms with Crippen LogP contribution in [0.2, 0.25) is 0 Å². The van der Waals surface area contributed by atoms with Crippen molar-refractivity contribution in [1.29, 1.82) is 0 Å². The summed E-state index contributed by atoms with van der Waals surface area (Å²) in [6.45, 7) is -1.96. The van der Waals surface area contributed by atoms with Crippen LogP contribution in [0.3, 0.4) is 0 Å². The first-order chi connectivity index (χ1) is 9.40. The number of halogens is 3. The Bertz CT molecular complexity index is 581. The number of hydrogen-bond acceptors (Lipinski definition) is 5. The van der Waals surface area contributed by atoms with E-state index in [1.165, 1.54) is 0 Å². The number of nitrogens with two attached hydrogens (primary N) is 1. The molecule has 1 aliphatic heterocycles. The van der Waals surface area contributed by atoms with E-state index in [4.69, 9.17) is 10.5 Å². The van der Waals surface area contributed by atoms with Crippen molar-refractivity contribution in [2.24, 2.45) is 10.7 Å². The van der Waals surface area contributed by atoms with E-state index in [0.29, 0.717) is 0 Å². The zero-order valence-corrected chi connectivity index (χ0v) is 10.1. The van der Waals surface area contributed by atoms with Crippen LogP contribution in [0.15, 0.2) is 23.2 Å². The Morgan fingerprint density at radius 2 is 2.30 bits per heavy atom. The molecule has 0 fully saturated rings. The zero-order valence-electron chi connectivity index (χ0n) is 10.1. The predicted octanol–water partition coefficient (Wildman–Crippen LogP) is 1.58. The van der Waals surface area contributed by atoms with Crippen LogP contribution in [0.1, 0.15) is 5.56 Å². The van der Waals surface area contributed by atoms with Gasteiger partial charge in [-0.3, -0.25) is 10.1 Å². The molecule has 2 atom stereocenters. The third-order valence-electron chi connectivity index (χ3n) is 3.02. The van der Waals surface area contributed by atoms with Gasteiger partial charge in [0.2, 0.25) is 5.60 Å². The zero-order chi connectivity index (χ0) is 14.9. The molecule has 0 unspecified atom stereocenters. The number of alkyl halides is 2. The average Bonchev–Trinajstić information content (AvgIpc) is 2.42. The molecule has 9 heteroatoms. The van der Waals surface area contributed by atoms with Gasteiger partial charge in [-0.15, -0.1) is 0 Å². The molecule has 0 spiro atoms. The molecule has 0 bridgehead atoms. The van der Waals surface area contributed by atoms with Gasteiger partial charge in [-0.25, -0.2) is 18.2 Å². The lowest BCUT2D eigenvalue weighted by atomic mass is 9.88. The lowest BCUT2D eigenvalue weighted by Crippen LogP contribution is -2.50. The fourth-order valence-electron chi connectivity index (χ4n) is 1.96. The van der Waals surface area contributed by atoms with Crippen molar-refractivity contribution < 1.29 is 22.8 Å². The quantitative estimate of drug-likeness (QED) is 0.675. The smallest absolute Gasteiger partial charge is 0.283 e. The first-order valence-corrected chi connectivity index (χ1v) is 5.54. The van der Waals surface area contributed by atoms with Crippen molar-refractivity contribution in [3.8, 4) is 0 Å². The summed E-state index contributed by atoms with van der Waals surface area (Å²) in [6.07, 6.45) is -2.02. The summed E-state index contributed by atoms with van der Waals surface area (Å²) in [5.74, 6) is -1.02. The van der Waals surface area contributed by atoms with Gasteiger partial charge in [0.15, 0.2) is 6.17 Å². The van der Waals surface area contributed by atoms with Gasteiger partial charge in [0.1, 0.15) is 12.5 Å². The highest BCUT2D eigenvalue weighted by Gasteiger charge is 2.49. The minimum Gasteiger partial charge on any atom is -0.448 e. The van der Waals surface area contributed by atoms with Crippen molar-refractivity contribution in [2.75, 3.05) is 13.2 Å². The number of aliphatic imine (C=N–C) groups is 1. The molecule has 20 heavy (non-hydrogen) atoms. The molecule has 1 aliphatic rings. The number of hydrogen-bond donors (Lipinski definition) is 1. The molecule has 0 saturated heterocycles. The second kappa shape index (κ2) is 4.99. The maximum atomic E-state index is 14.0. The van der Waals surface area contributed by atoms with Gasteiger partial charge in [-0.05, 0) is 6.07 Å². The highest BCUT2D eigenvalue weighted by atomic mass is 19.1. The van der Waals surface area contributed by atoms with E-state index in [-0.39, 0.29) is 0 Å². The highest BCUT2D eigenvalue weighted by Crippen LogP contribution is 2.37. The summed E-state index contributed by atoms with van der Waals surface area (Å²) in [5, 5.41) is 10.7. The molecule has 2 N–H and O–H groups in total. The minimum atomic E-state index is -2.36. The third-order valence-corrected chi connectivity index (χ3v) is 3.02. The lowest BCUT2D eigenvalue weighted by molar-refractivity contribution is -0.385. The Labute approximate surface area is 111 Å². The summed E-state index contributed by atoms with van der Waals surface area (Å²) in [7, 11) is 0. The molecule has 1 heterocycles. The summed E-state index contributed by atoms with van der Waals surface area (Å²) in [4.78, 5) is 13.3. The summed E-state index contributed by atoms with van der Waals surface area (Å²) >= 11 is 0. The fourth-order valence-corrected chi connectivity index (χ4v) is 1.96. The molecule has 1 aromatic carbocycles. The van der Waals surface area contributed by atoms with Crippen LogP contribution in [0, 0.1) is 15.9 Å². The van der Waals surface area contributed by atoms with Gasteiger partial charge in [0.25, 0.3) is 11.7 Å². The number of nitro benzene ring substituents is 1. The van der Waals surface area contributed by atoms with E-state index in [1.807, 2.05) is 0 Å². The van der Waals surface area contributed by atoms with Crippen LogP contribution in [0.4, 0.5) is 18.9 Å². The first-order valence-electron chi connectivity index (χ1n) is 5.54. The maximum Gasteiger partial charge on any atom is 0.283 e. The van der Waals surface area contributed by atoms with Crippen LogP contribution < -0.4 is 5.73 Å². The van der Waals surface area contributed by atoms with Crippen molar-refractivity contribution in [2.45, 2.75) is 11.8 Å². The average molecular weight is 289 g/mol. The van der Waals surface area contributed by atoms with E-state index >= 15 is 0 Å². The SMILES string of the molecule is NC1=NC[C@H](F)[C@@](CF)(c2cc([N+](=O)[O-])ccc2F)O1. The van der Waals surface area contributed by atoms with Gasteiger partial charge >= 0.3 is 0 Å². The highest BCUT2D eigenvalue weighted by molar-refractivity contribution is 5.73. The fraction of sp³-hybridized carbons (Fsp3) is 0.364. The Balaban J connectivity index is 2.59. The van der Waals surface area contributed by atoms with Crippen molar-refractivity contribution in [1.82, 2.24) is 0 Å². The first kappa shape index (κ1) is 14.1. The number of rotatable bonds is 3. The molecule has 2 rings (SSSR count). The largest absolute Gasteiger partial charge is 0.448 e. The van der Waals surface area contributed by atoms with Crippen LogP contribution in [-0.4, -0.2) is 30.3 Å². The molecular formula is C11H10F3N3O3. The van der Waals surface area contributed by atoms with E-state index < -0.39 is 53.0 Å². The lowest BCUT2D eigenvalue weighted by Gasteiger charge is -2.36. The Hall–Kier alpha value is -2.32. The number of non-ortho nitro benzene ring substituents is 1. The molecule has 0 radical (unpaired) electrons. The minimum absolute atomic E-state index is 0.498. The van der Waals surface area contributed by atoms with Gasteiger partial charge in [-0.2, -0.15) is 0 Å².